The summed E-state index contributed by atoms with van der Waals surface area (Å²) in [6, 6.07) is 11.2. The molecule has 0 spiro atoms. The van der Waals surface area contributed by atoms with Gasteiger partial charge in [0.05, 0.1) is 22.8 Å². The van der Waals surface area contributed by atoms with Gasteiger partial charge in [-0.3, -0.25) is 0 Å². The molecule has 2 aromatic carbocycles. The third kappa shape index (κ3) is 3.43. The molecule has 0 saturated carbocycles. The van der Waals surface area contributed by atoms with Crippen LogP contribution in [0.15, 0.2) is 45.7 Å². The molecule has 0 fully saturated rings. The maximum Gasteiger partial charge on any atom is 0.368 e. The first kappa shape index (κ1) is 17.2. The van der Waals surface area contributed by atoms with Crippen molar-refractivity contribution in [2.45, 2.75) is 13.5 Å². The zero-order valence-electron chi connectivity index (χ0n) is 14.1. The number of tetrazole rings is 1. The van der Waals surface area contributed by atoms with E-state index in [4.69, 9.17) is 9.47 Å². The lowest BCUT2D eigenvalue weighted by atomic mass is 10.1. The Balaban J connectivity index is 1.99. The van der Waals surface area contributed by atoms with Crippen molar-refractivity contribution in [3.05, 3.63) is 62.5 Å². The van der Waals surface area contributed by atoms with Gasteiger partial charge in [-0.15, -0.1) is 0 Å². The second-order valence-corrected chi connectivity index (χ2v) is 6.33. The molecule has 130 valence electrons. The van der Waals surface area contributed by atoms with E-state index < -0.39 is 0 Å². The van der Waals surface area contributed by atoms with Gasteiger partial charge in [0.15, 0.2) is 0 Å². The van der Waals surface area contributed by atoms with E-state index in [9.17, 15) is 4.79 Å². The van der Waals surface area contributed by atoms with Crippen molar-refractivity contribution in [1.82, 2.24) is 19.8 Å². The molecule has 0 N–H and O–H groups in total. The van der Waals surface area contributed by atoms with Crippen LogP contribution in [0.2, 0.25) is 0 Å². The molecule has 0 aliphatic rings. The minimum Gasteiger partial charge on any atom is -0.496 e. The molecule has 1 heterocycles. The lowest BCUT2D eigenvalue weighted by Crippen LogP contribution is -2.23. The third-order valence-corrected chi connectivity index (χ3v) is 4.36. The number of halogens is 1. The molecule has 8 heteroatoms. The van der Waals surface area contributed by atoms with Crippen LogP contribution in [0.25, 0.3) is 5.69 Å². The Morgan fingerprint density at radius 2 is 1.96 bits per heavy atom. The van der Waals surface area contributed by atoms with Gasteiger partial charge in [0.1, 0.15) is 18.1 Å². The van der Waals surface area contributed by atoms with Gasteiger partial charge in [-0.05, 0) is 63.1 Å². The fourth-order valence-electron chi connectivity index (χ4n) is 2.43. The number of hydrogen-bond donors (Lipinski definition) is 0. The SMILES string of the molecule is COc1cccc(-n2nnn(C)c2=O)c1COc1ccc(C)cc1Br. The fourth-order valence-corrected chi connectivity index (χ4v) is 3.03. The van der Waals surface area contributed by atoms with Gasteiger partial charge in [0, 0.05) is 7.05 Å². The summed E-state index contributed by atoms with van der Waals surface area (Å²) in [5, 5.41) is 7.66. The average molecular weight is 405 g/mol. The topological polar surface area (TPSA) is 71.2 Å². The van der Waals surface area contributed by atoms with Crippen LogP contribution in [0.1, 0.15) is 11.1 Å². The number of methoxy groups -OCH3 is 1. The van der Waals surface area contributed by atoms with Gasteiger partial charge in [-0.2, -0.15) is 9.36 Å². The average Bonchev–Trinajstić information content (AvgIpc) is 2.93. The molecular formula is C17H17BrN4O3. The molecule has 3 rings (SSSR count). The van der Waals surface area contributed by atoms with Crippen LogP contribution in [0, 0.1) is 6.92 Å². The first-order valence-electron chi connectivity index (χ1n) is 7.55. The highest BCUT2D eigenvalue weighted by Gasteiger charge is 2.16. The highest BCUT2D eigenvalue weighted by Crippen LogP contribution is 2.30. The predicted molar refractivity (Wildman–Crippen MR) is 96.4 cm³/mol. The minimum absolute atomic E-state index is 0.212. The third-order valence-electron chi connectivity index (χ3n) is 3.74. The maximum atomic E-state index is 12.2. The highest BCUT2D eigenvalue weighted by atomic mass is 79.9. The number of aryl methyl sites for hydroxylation is 2. The number of benzene rings is 2. The van der Waals surface area contributed by atoms with Crippen LogP contribution < -0.4 is 15.2 Å². The lowest BCUT2D eigenvalue weighted by Gasteiger charge is -2.15. The monoisotopic (exact) mass is 404 g/mol. The lowest BCUT2D eigenvalue weighted by molar-refractivity contribution is 0.294. The van der Waals surface area contributed by atoms with Crippen LogP contribution in [-0.2, 0) is 13.7 Å². The van der Waals surface area contributed by atoms with Crippen molar-refractivity contribution in [3.8, 4) is 17.2 Å². The van der Waals surface area contributed by atoms with Gasteiger partial charge in [-0.1, -0.05) is 12.1 Å². The van der Waals surface area contributed by atoms with E-state index in [2.05, 4.69) is 26.4 Å². The van der Waals surface area contributed by atoms with Gasteiger partial charge in [-0.25, -0.2) is 4.79 Å². The number of aromatic nitrogens is 4. The van der Waals surface area contributed by atoms with Gasteiger partial charge in [0.2, 0.25) is 0 Å². The molecule has 0 aliphatic carbocycles. The molecule has 0 radical (unpaired) electrons. The molecule has 0 saturated heterocycles. The van der Waals surface area contributed by atoms with Crippen LogP contribution in [0.5, 0.6) is 11.5 Å². The van der Waals surface area contributed by atoms with Crippen LogP contribution in [0.3, 0.4) is 0 Å². The molecule has 25 heavy (non-hydrogen) atoms. The Bertz CT molecular complexity index is 965. The summed E-state index contributed by atoms with van der Waals surface area (Å²) in [6.07, 6.45) is 0. The van der Waals surface area contributed by atoms with Gasteiger partial charge >= 0.3 is 5.69 Å². The van der Waals surface area contributed by atoms with Crippen molar-refractivity contribution in [2.24, 2.45) is 7.05 Å². The van der Waals surface area contributed by atoms with E-state index in [0.717, 1.165) is 10.0 Å². The molecule has 0 bridgehead atoms. The Labute approximate surface area is 152 Å². The van der Waals surface area contributed by atoms with Crippen molar-refractivity contribution in [2.75, 3.05) is 7.11 Å². The molecule has 0 unspecified atom stereocenters. The van der Waals surface area contributed by atoms with E-state index in [-0.39, 0.29) is 12.3 Å². The molecule has 7 nitrogen and oxygen atoms in total. The minimum atomic E-state index is -0.342. The Kier molecular flexibility index (Phi) is 4.89. The molecule has 0 amide bonds. The summed E-state index contributed by atoms with van der Waals surface area (Å²) in [5.74, 6) is 1.31. The van der Waals surface area contributed by atoms with Crippen LogP contribution in [-0.4, -0.2) is 26.9 Å². The van der Waals surface area contributed by atoms with Crippen molar-refractivity contribution >= 4 is 15.9 Å². The Morgan fingerprint density at radius 1 is 1.16 bits per heavy atom. The summed E-state index contributed by atoms with van der Waals surface area (Å²) in [6.45, 7) is 2.22. The van der Waals surface area contributed by atoms with Gasteiger partial charge < -0.3 is 9.47 Å². The molecule has 0 atom stereocenters. The molecule has 1 aromatic heterocycles. The zero-order chi connectivity index (χ0) is 18.0. The number of hydrogen-bond acceptors (Lipinski definition) is 5. The molecule has 3 aromatic rings. The number of rotatable bonds is 5. The van der Waals surface area contributed by atoms with Crippen LogP contribution in [0.4, 0.5) is 0 Å². The first-order chi connectivity index (χ1) is 12.0. The summed E-state index contributed by atoms with van der Waals surface area (Å²) in [5.41, 5.74) is 2.06. The van der Waals surface area contributed by atoms with E-state index >= 15 is 0 Å². The largest absolute Gasteiger partial charge is 0.496 e. The van der Waals surface area contributed by atoms with E-state index in [1.54, 1.807) is 26.3 Å². The Morgan fingerprint density at radius 3 is 2.60 bits per heavy atom. The van der Waals surface area contributed by atoms with Gasteiger partial charge in [0.25, 0.3) is 0 Å². The summed E-state index contributed by atoms with van der Waals surface area (Å²) < 4.78 is 14.6. The number of ether oxygens (including phenoxy) is 2. The van der Waals surface area contributed by atoms with Crippen molar-refractivity contribution in [1.29, 1.82) is 0 Å². The predicted octanol–water partition coefficient (Wildman–Crippen LogP) is 2.62. The van der Waals surface area contributed by atoms with Crippen LogP contribution >= 0.6 is 15.9 Å². The number of nitrogens with zero attached hydrogens (tertiary/aromatic N) is 4. The van der Waals surface area contributed by atoms with Crippen molar-refractivity contribution in [3.63, 3.8) is 0 Å². The van der Waals surface area contributed by atoms with E-state index in [0.29, 0.717) is 22.7 Å². The van der Waals surface area contributed by atoms with E-state index in [1.165, 1.54) is 9.36 Å². The fraction of sp³-hybridized carbons (Fsp3) is 0.235. The Hall–Kier alpha value is -2.61. The summed E-state index contributed by atoms with van der Waals surface area (Å²) in [4.78, 5) is 12.2. The first-order valence-corrected chi connectivity index (χ1v) is 8.34. The smallest absolute Gasteiger partial charge is 0.368 e. The standard InChI is InChI=1S/C17H17BrN4O3/c1-11-7-8-16(13(18)9-11)25-10-12-14(5-4-6-15(12)24-3)22-17(23)21(2)19-20-22/h4-9H,10H2,1-3H3. The normalized spacial score (nSPS) is 10.7. The second-order valence-electron chi connectivity index (χ2n) is 5.48. The van der Waals surface area contributed by atoms with E-state index in [1.807, 2.05) is 31.2 Å². The summed E-state index contributed by atoms with van der Waals surface area (Å²) in [7, 11) is 3.12. The highest BCUT2D eigenvalue weighted by molar-refractivity contribution is 9.10. The molecule has 0 aliphatic heterocycles. The maximum absolute atomic E-state index is 12.2. The summed E-state index contributed by atoms with van der Waals surface area (Å²) >= 11 is 3.50. The zero-order valence-corrected chi connectivity index (χ0v) is 15.6. The molecular weight excluding hydrogens is 388 g/mol. The quantitative estimate of drug-likeness (QED) is 0.653. The van der Waals surface area contributed by atoms with Crippen molar-refractivity contribution < 1.29 is 9.47 Å². The second kappa shape index (κ2) is 7.10.